The van der Waals surface area contributed by atoms with Crippen LogP contribution in [0.4, 0.5) is 5.13 Å². The molecule has 0 aliphatic rings. The van der Waals surface area contributed by atoms with Crippen molar-refractivity contribution in [1.29, 1.82) is 0 Å². The fourth-order valence-electron chi connectivity index (χ4n) is 1.64. The van der Waals surface area contributed by atoms with Gasteiger partial charge in [-0.1, -0.05) is 18.3 Å². The van der Waals surface area contributed by atoms with Gasteiger partial charge in [-0.2, -0.15) is 0 Å². The molecule has 102 valence electrons. The first kappa shape index (κ1) is 13.8. The second-order valence-corrected chi connectivity index (χ2v) is 5.30. The van der Waals surface area contributed by atoms with Crippen molar-refractivity contribution in [1.82, 2.24) is 4.98 Å². The van der Waals surface area contributed by atoms with Gasteiger partial charge in [0.25, 0.3) is 0 Å². The number of rotatable bonds is 5. The van der Waals surface area contributed by atoms with Gasteiger partial charge in [-0.05, 0) is 24.6 Å². The molecule has 2 rings (SSSR count). The number of anilines is 1. The number of ether oxygens (including phenoxy) is 1. The van der Waals surface area contributed by atoms with Gasteiger partial charge in [-0.3, -0.25) is 4.79 Å². The summed E-state index contributed by atoms with van der Waals surface area (Å²) in [6.07, 6.45) is 1.10. The van der Waals surface area contributed by atoms with Gasteiger partial charge in [0.15, 0.2) is 5.13 Å². The van der Waals surface area contributed by atoms with Gasteiger partial charge in [0.05, 0.1) is 17.3 Å². The van der Waals surface area contributed by atoms with Gasteiger partial charge in [-0.25, -0.2) is 4.98 Å². The normalized spacial score (nSPS) is 12.4. The van der Waals surface area contributed by atoms with Gasteiger partial charge in [0, 0.05) is 12.5 Å². The number of thiazole rings is 1. The number of aromatic nitrogens is 1. The first-order chi connectivity index (χ1) is 9.12. The molecule has 1 amide bonds. The minimum atomic E-state index is -0.102. The summed E-state index contributed by atoms with van der Waals surface area (Å²) in [4.78, 5) is 16.1. The second kappa shape index (κ2) is 5.99. The van der Waals surface area contributed by atoms with Crippen molar-refractivity contribution in [3.63, 3.8) is 0 Å². The van der Waals surface area contributed by atoms with Gasteiger partial charge < -0.3 is 15.8 Å². The molecule has 0 spiro atoms. The lowest BCUT2D eigenvalue weighted by molar-refractivity contribution is -0.116. The number of nitrogens with one attached hydrogen (secondary N) is 1. The minimum absolute atomic E-state index is 0.0969. The van der Waals surface area contributed by atoms with E-state index < -0.39 is 0 Å². The van der Waals surface area contributed by atoms with Crippen LogP contribution in [0.3, 0.4) is 0 Å². The van der Waals surface area contributed by atoms with Crippen LogP contribution in [0.25, 0.3) is 10.2 Å². The first-order valence-corrected chi connectivity index (χ1v) is 6.94. The molecule has 0 bridgehead atoms. The molecule has 0 saturated heterocycles. The number of amides is 1. The van der Waals surface area contributed by atoms with Crippen molar-refractivity contribution in [3.8, 4) is 5.75 Å². The van der Waals surface area contributed by atoms with Crippen molar-refractivity contribution in [2.45, 2.75) is 25.8 Å². The Balaban J connectivity index is 2.11. The van der Waals surface area contributed by atoms with Crippen LogP contribution >= 0.6 is 11.3 Å². The van der Waals surface area contributed by atoms with E-state index in [2.05, 4.69) is 10.3 Å². The van der Waals surface area contributed by atoms with Crippen LogP contribution < -0.4 is 15.8 Å². The Morgan fingerprint density at radius 2 is 2.37 bits per heavy atom. The molecule has 2 aromatic rings. The summed E-state index contributed by atoms with van der Waals surface area (Å²) in [5, 5.41) is 3.38. The van der Waals surface area contributed by atoms with E-state index in [1.54, 1.807) is 7.11 Å². The highest BCUT2D eigenvalue weighted by atomic mass is 32.1. The number of nitrogens with two attached hydrogens (primary N) is 1. The quantitative estimate of drug-likeness (QED) is 0.881. The smallest absolute Gasteiger partial charge is 0.227 e. The summed E-state index contributed by atoms with van der Waals surface area (Å²) in [6, 6.07) is 5.52. The zero-order valence-corrected chi connectivity index (χ0v) is 11.8. The molecule has 0 fully saturated rings. The number of hydrogen-bond acceptors (Lipinski definition) is 5. The predicted octanol–water partition coefficient (Wildman–Crippen LogP) is 2.37. The van der Waals surface area contributed by atoms with Crippen LogP contribution in [0.5, 0.6) is 5.75 Å². The number of carbonyl (C=O) groups excluding carboxylic acids is 1. The lowest BCUT2D eigenvalue weighted by Crippen LogP contribution is -2.26. The second-order valence-electron chi connectivity index (χ2n) is 4.27. The first-order valence-electron chi connectivity index (χ1n) is 6.12. The van der Waals surface area contributed by atoms with Crippen LogP contribution in [-0.2, 0) is 4.79 Å². The van der Waals surface area contributed by atoms with Crippen LogP contribution in [0.15, 0.2) is 18.2 Å². The van der Waals surface area contributed by atoms with Crippen LogP contribution in [0, 0.1) is 0 Å². The Bertz CT molecular complexity index is 582. The SMILES string of the molecule is CCC(N)CC(=O)Nc1nc2ccc(OC)cc2s1. The summed E-state index contributed by atoms with van der Waals surface area (Å²) < 4.78 is 6.14. The molecule has 6 heteroatoms. The third-order valence-electron chi connectivity index (χ3n) is 2.81. The third-order valence-corrected chi connectivity index (χ3v) is 3.75. The van der Waals surface area contributed by atoms with Gasteiger partial charge in [-0.15, -0.1) is 0 Å². The molecule has 1 aromatic heterocycles. The van der Waals surface area contributed by atoms with Gasteiger partial charge >= 0.3 is 0 Å². The molecule has 1 heterocycles. The van der Waals surface area contributed by atoms with E-state index in [0.717, 1.165) is 22.4 Å². The lowest BCUT2D eigenvalue weighted by atomic mass is 10.2. The van der Waals surface area contributed by atoms with E-state index in [-0.39, 0.29) is 11.9 Å². The Morgan fingerprint density at radius 3 is 3.05 bits per heavy atom. The number of hydrogen-bond donors (Lipinski definition) is 2. The lowest BCUT2D eigenvalue weighted by Gasteiger charge is -2.06. The zero-order valence-electron chi connectivity index (χ0n) is 11.0. The topological polar surface area (TPSA) is 77.2 Å². The summed E-state index contributed by atoms with van der Waals surface area (Å²) in [6.45, 7) is 1.96. The van der Waals surface area contributed by atoms with E-state index in [1.807, 2.05) is 25.1 Å². The molecule has 5 nitrogen and oxygen atoms in total. The fourth-order valence-corrected chi connectivity index (χ4v) is 2.55. The van der Waals surface area contributed by atoms with Crippen molar-refractivity contribution < 1.29 is 9.53 Å². The zero-order chi connectivity index (χ0) is 13.8. The molecule has 19 heavy (non-hydrogen) atoms. The number of carbonyl (C=O) groups is 1. The molecule has 0 radical (unpaired) electrons. The molecular weight excluding hydrogens is 262 g/mol. The summed E-state index contributed by atoms with van der Waals surface area (Å²) >= 11 is 1.43. The van der Waals surface area contributed by atoms with Gasteiger partial charge in [0.1, 0.15) is 5.75 Å². The Hall–Kier alpha value is -1.66. The largest absolute Gasteiger partial charge is 0.497 e. The standard InChI is InChI=1S/C13H17N3O2S/c1-3-8(14)6-12(17)16-13-15-10-5-4-9(18-2)7-11(10)19-13/h4-5,7-8H,3,6,14H2,1-2H3,(H,15,16,17). The highest BCUT2D eigenvalue weighted by Crippen LogP contribution is 2.29. The summed E-state index contributed by atoms with van der Waals surface area (Å²) in [7, 11) is 1.62. The van der Waals surface area contributed by atoms with E-state index in [9.17, 15) is 4.79 Å². The number of benzene rings is 1. The van der Waals surface area contributed by atoms with Gasteiger partial charge in [0.2, 0.25) is 5.91 Å². The van der Waals surface area contributed by atoms with Crippen LogP contribution in [0.1, 0.15) is 19.8 Å². The van der Waals surface area contributed by atoms with E-state index in [0.29, 0.717) is 11.6 Å². The van der Waals surface area contributed by atoms with Crippen LogP contribution in [-0.4, -0.2) is 24.0 Å². The van der Waals surface area contributed by atoms with E-state index in [4.69, 9.17) is 10.5 Å². The maximum atomic E-state index is 11.7. The monoisotopic (exact) mass is 279 g/mol. The predicted molar refractivity (Wildman–Crippen MR) is 77.7 cm³/mol. The third kappa shape index (κ3) is 3.42. The molecular formula is C13H17N3O2S. The van der Waals surface area contributed by atoms with Crippen molar-refractivity contribution >= 4 is 32.6 Å². The average Bonchev–Trinajstić information content (AvgIpc) is 2.78. The Labute approximate surface area is 115 Å². The maximum absolute atomic E-state index is 11.7. The Morgan fingerprint density at radius 1 is 1.58 bits per heavy atom. The Kier molecular flexibility index (Phi) is 4.34. The van der Waals surface area contributed by atoms with Crippen LogP contribution in [0.2, 0.25) is 0 Å². The number of nitrogens with zero attached hydrogens (tertiary/aromatic N) is 1. The summed E-state index contributed by atoms with van der Waals surface area (Å²) in [5.41, 5.74) is 6.59. The van der Waals surface area contributed by atoms with E-state index in [1.165, 1.54) is 11.3 Å². The molecule has 1 unspecified atom stereocenters. The molecule has 1 atom stereocenters. The number of fused-ring (bicyclic) bond motifs is 1. The molecule has 0 saturated carbocycles. The highest BCUT2D eigenvalue weighted by Gasteiger charge is 2.11. The highest BCUT2D eigenvalue weighted by molar-refractivity contribution is 7.22. The van der Waals surface area contributed by atoms with Crippen molar-refractivity contribution in [3.05, 3.63) is 18.2 Å². The minimum Gasteiger partial charge on any atom is -0.497 e. The molecule has 0 aliphatic carbocycles. The maximum Gasteiger partial charge on any atom is 0.227 e. The fraction of sp³-hybridized carbons (Fsp3) is 0.385. The van der Waals surface area contributed by atoms with E-state index >= 15 is 0 Å². The molecule has 1 aromatic carbocycles. The number of methoxy groups -OCH3 is 1. The molecule has 0 aliphatic heterocycles. The van der Waals surface area contributed by atoms with Crippen molar-refractivity contribution in [2.75, 3.05) is 12.4 Å². The van der Waals surface area contributed by atoms with Crippen molar-refractivity contribution in [2.24, 2.45) is 5.73 Å². The average molecular weight is 279 g/mol. The molecule has 3 N–H and O–H groups in total. The summed E-state index contributed by atoms with van der Waals surface area (Å²) in [5.74, 6) is 0.683.